The summed E-state index contributed by atoms with van der Waals surface area (Å²) < 4.78 is 45.8. The van der Waals surface area contributed by atoms with Crippen LogP contribution >= 0.6 is 0 Å². The van der Waals surface area contributed by atoms with Crippen LogP contribution in [-0.2, 0) is 26.2 Å². The highest BCUT2D eigenvalue weighted by molar-refractivity contribution is 7.92. The van der Waals surface area contributed by atoms with Gasteiger partial charge in [0.2, 0.25) is 11.8 Å². The summed E-state index contributed by atoms with van der Waals surface area (Å²) >= 11 is 0. The number of methoxy groups -OCH3 is 3. The van der Waals surface area contributed by atoms with E-state index in [0.717, 1.165) is 33.8 Å². The number of hydrogen-bond donors (Lipinski definition) is 1. The lowest BCUT2D eigenvalue weighted by molar-refractivity contribution is -0.140. The second-order valence-corrected chi connectivity index (χ2v) is 12.7. The standard InChI is InChI=1S/C34H45N3O7S/c1-8-10-16-35-34(39)30(9-2)36(22-26-12-11-13-28(20-26)42-5)33(38)23-37(27-18-24(3)17-25(4)19-27)45(40,41)29-14-15-31(43-6)32(21-29)44-7/h11-15,17-21,30H,8-10,16,22-23H2,1-7H3,(H,35,39)/t30-/m1/s1. The Morgan fingerprint density at radius 3 is 2.16 bits per heavy atom. The third-order valence-corrected chi connectivity index (χ3v) is 9.19. The second-order valence-electron chi connectivity index (χ2n) is 10.8. The highest BCUT2D eigenvalue weighted by atomic mass is 32.2. The molecule has 0 aliphatic heterocycles. The molecule has 1 atom stereocenters. The molecule has 0 aliphatic carbocycles. The van der Waals surface area contributed by atoms with E-state index < -0.39 is 28.5 Å². The minimum Gasteiger partial charge on any atom is -0.497 e. The Bertz CT molecular complexity index is 1560. The minimum atomic E-state index is -4.30. The van der Waals surface area contributed by atoms with Gasteiger partial charge in [-0.3, -0.25) is 13.9 Å². The van der Waals surface area contributed by atoms with Crippen molar-refractivity contribution in [1.82, 2.24) is 10.2 Å². The monoisotopic (exact) mass is 639 g/mol. The van der Waals surface area contributed by atoms with Crippen LogP contribution in [0.4, 0.5) is 5.69 Å². The Hall–Kier alpha value is -4.25. The average molecular weight is 640 g/mol. The molecule has 0 radical (unpaired) electrons. The van der Waals surface area contributed by atoms with Gasteiger partial charge in [0.05, 0.1) is 31.9 Å². The zero-order chi connectivity index (χ0) is 33.1. The molecule has 1 N–H and O–H groups in total. The fraction of sp³-hybridized carbons (Fsp3) is 0.412. The third kappa shape index (κ3) is 8.91. The predicted octanol–water partition coefficient (Wildman–Crippen LogP) is 5.25. The molecule has 244 valence electrons. The van der Waals surface area contributed by atoms with Crippen molar-refractivity contribution in [3.05, 3.63) is 77.4 Å². The molecule has 0 aliphatic rings. The number of aryl methyl sites for hydroxylation is 2. The highest BCUT2D eigenvalue weighted by Gasteiger charge is 2.34. The summed E-state index contributed by atoms with van der Waals surface area (Å²) in [6, 6.07) is 16.1. The first kappa shape index (κ1) is 35.2. The van der Waals surface area contributed by atoms with Gasteiger partial charge in [-0.1, -0.05) is 38.5 Å². The van der Waals surface area contributed by atoms with E-state index in [-0.39, 0.29) is 23.1 Å². The molecule has 0 bridgehead atoms. The van der Waals surface area contributed by atoms with E-state index >= 15 is 0 Å². The molecule has 45 heavy (non-hydrogen) atoms. The first-order chi connectivity index (χ1) is 21.5. The van der Waals surface area contributed by atoms with Crippen LogP contribution in [0.1, 0.15) is 49.8 Å². The van der Waals surface area contributed by atoms with Crippen LogP contribution in [0.3, 0.4) is 0 Å². The lowest BCUT2D eigenvalue weighted by atomic mass is 10.1. The van der Waals surface area contributed by atoms with Crippen molar-refractivity contribution < 1.29 is 32.2 Å². The molecule has 10 nitrogen and oxygen atoms in total. The van der Waals surface area contributed by atoms with E-state index in [1.807, 2.05) is 45.9 Å². The molecule has 0 unspecified atom stereocenters. The lowest BCUT2D eigenvalue weighted by Crippen LogP contribution is -2.52. The molecule has 3 aromatic carbocycles. The largest absolute Gasteiger partial charge is 0.497 e. The quantitative estimate of drug-likeness (QED) is 0.213. The van der Waals surface area contributed by atoms with E-state index in [0.29, 0.717) is 30.2 Å². The molecule has 2 amide bonds. The van der Waals surface area contributed by atoms with Crippen LogP contribution in [0.5, 0.6) is 17.2 Å². The molecule has 11 heteroatoms. The Morgan fingerprint density at radius 1 is 0.867 bits per heavy atom. The SMILES string of the molecule is CCCCNC(=O)[C@@H](CC)N(Cc1cccc(OC)c1)C(=O)CN(c1cc(C)cc(C)c1)S(=O)(=O)c1ccc(OC)c(OC)c1. The number of anilines is 1. The van der Waals surface area contributed by atoms with E-state index in [9.17, 15) is 18.0 Å². The Labute approximate surface area is 267 Å². The summed E-state index contributed by atoms with van der Waals surface area (Å²) in [6.07, 6.45) is 2.04. The van der Waals surface area contributed by atoms with Gasteiger partial charge < -0.3 is 24.4 Å². The van der Waals surface area contributed by atoms with Crippen molar-refractivity contribution in [3.8, 4) is 17.2 Å². The van der Waals surface area contributed by atoms with Gasteiger partial charge in [0, 0.05) is 19.2 Å². The zero-order valence-electron chi connectivity index (χ0n) is 27.3. The van der Waals surface area contributed by atoms with Gasteiger partial charge in [0.15, 0.2) is 11.5 Å². The second kappa shape index (κ2) is 16.2. The maximum Gasteiger partial charge on any atom is 0.264 e. The smallest absolute Gasteiger partial charge is 0.264 e. The topological polar surface area (TPSA) is 114 Å². The predicted molar refractivity (Wildman–Crippen MR) is 176 cm³/mol. The Kier molecular flexibility index (Phi) is 12.7. The number of ether oxygens (including phenoxy) is 3. The molecule has 0 saturated heterocycles. The van der Waals surface area contributed by atoms with Crippen molar-refractivity contribution in [3.63, 3.8) is 0 Å². The van der Waals surface area contributed by atoms with Crippen molar-refractivity contribution in [2.24, 2.45) is 0 Å². The maximum atomic E-state index is 14.4. The van der Waals surface area contributed by atoms with Crippen LogP contribution in [0.25, 0.3) is 0 Å². The first-order valence-electron chi connectivity index (χ1n) is 15.0. The summed E-state index contributed by atoms with van der Waals surface area (Å²) in [4.78, 5) is 29.2. The number of unbranched alkanes of at least 4 members (excludes halogenated alkanes) is 1. The van der Waals surface area contributed by atoms with Gasteiger partial charge >= 0.3 is 0 Å². The number of nitrogens with one attached hydrogen (secondary N) is 1. The van der Waals surface area contributed by atoms with E-state index in [1.165, 1.54) is 37.3 Å². The molecule has 3 rings (SSSR count). The summed E-state index contributed by atoms with van der Waals surface area (Å²) in [5.74, 6) is 0.393. The normalized spacial score (nSPS) is 11.8. The number of amides is 2. The summed E-state index contributed by atoms with van der Waals surface area (Å²) in [5, 5.41) is 2.94. The summed E-state index contributed by atoms with van der Waals surface area (Å²) in [5.41, 5.74) is 2.74. The van der Waals surface area contributed by atoms with Crippen LogP contribution in [0.2, 0.25) is 0 Å². The van der Waals surface area contributed by atoms with Crippen molar-refractivity contribution in [2.75, 3.05) is 38.7 Å². The Balaban J connectivity index is 2.12. The molecular weight excluding hydrogens is 594 g/mol. The molecule has 0 aromatic heterocycles. The van der Waals surface area contributed by atoms with Gasteiger partial charge in [-0.25, -0.2) is 8.42 Å². The van der Waals surface area contributed by atoms with Crippen molar-refractivity contribution in [1.29, 1.82) is 0 Å². The number of carbonyl (C=O) groups excluding carboxylic acids is 2. The fourth-order valence-electron chi connectivity index (χ4n) is 5.12. The maximum absolute atomic E-state index is 14.4. The summed E-state index contributed by atoms with van der Waals surface area (Å²) in [7, 11) is 0.144. The highest BCUT2D eigenvalue weighted by Crippen LogP contribution is 2.33. The van der Waals surface area contributed by atoms with E-state index in [1.54, 1.807) is 31.4 Å². The van der Waals surface area contributed by atoms with Gasteiger partial charge in [-0.2, -0.15) is 0 Å². The molecule has 3 aromatic rings. The number of sulfonamides is 1. The molecular formula is C34H45N3O7S. The number of rotatable bonds is 16. The third-order valence-electron chi connectivity index (χ3n) is 7.42. The Morgan fingerprint density at radius 2 is 1.56 bits per heavy atom. The molecule has 0 saturated carbocycles. The zero-order valence-corrected chi connectivity index (χ0v) is 28.1. The van der Waals surface area contributed by atoms with Crippen molar-refractivity contribution >= 4 is 27.5 Å². The van der Waals surface area contributed by atoms with Crippen molar-refractivity contribution in [2.45, 2.75) is 64.4 Å². The van der Waals surface area contributed by atoms with Crippen LogP contribution in [0, 0.1) is 13.8 Å². The first-order valence-corrected chi connectivity index (χ1v) is 16.5. The van der Waals surface area contributed by atoms with Gasteiger partial charge in [-0.05, 0) is 79.8 Å². The van der Waals surface area contributed by atoms with Crippen LogP contribution in [0.15, 0.2) is 65.6 Å². The van der Waals surface area contributed by atoms with Gasteiger partial charge in [0.1, 0.15) is 18.3 Å². The average Bonchev–Trinajstić information content (AvgIpc) is 3.02. The van der Waals surface area contributed by atoms with Crippen LogP contribution in [-0.4, -0.2) is 65.6 Å². The lowest BCUT2D eigenvalue weighted by Gasteiger charge is -2.33. The van der Waals surface area contributed by atoms with E-state index in [2.05, 4.69) is 5.32 Å². The molecule has 0 spiro atoms. The number of hydrogen-bond acceptors (Lipinski definition) is 7. The fourth-order valence-corrected chi connectivity index (χ4v) is 6.53. The number of carbonyl (C=O) groups is 2. The summed E-state index contributed by atoms with van der Waals surface area (Å²) in [6.45, 7) is 7.61. The van der Waals surface area contributed by atoms with Gasteiger partial charge in [-0.15, -0.1) is 0 Å². The van der Waals surface area contributed by atoms with Gasteiger partial charge in [0.25, 0.3) is 10.0 Å². The minimum absolute atomic E-state index is 0.0733. The van der Waals surface area contributed by atoms with E-state index in [4.69, 9.17) is 14.2 Å². The number of benzene rings is 3. The van der Waals surface area contributed by atoms with Crippen LogP contribution < -0.4 is 23.8 Å². The molecule has 0 heterocycles. The number of nitrogens with zero attached hydrogens (tertiary/aromatic N) is 2. The molecule has 0 fully saturated rings.